The summed E-state index contributed by atoms with van der Waals surface area (Å²) >= 11 is 9.72. The summed E-state index contributed by atoms with van der Waals surface area (Å²) in [6.07, 6.45) is 13.6. The molecule has 1 aliphatic carbocycles. The standard InChI is InChI=1S/C56H79ClFN11O6S2/c1-8-23-67(26-21-37(2)31-59)46-33-61-49(34-60-46)77-45-15-9-13-42(51(45)57)64-48(71)30-50(72)68-28-27-66(35-38(68)3)24-12-29-75-44-20-19-40(52-39(4)63-36-76-52)17-18-41(44)32-62-54(73)43-14-11-25-69(43)55(74)53(56(5,6)7)65-47(70)16-10-22-58/h9,13,15,17-19,33-34,36-38,43,53H,8,10-12,14,16,20-32,35,59H2,1-7H3,(H,62,73)(H,64,71)(H,65,70)/t37?,38-,43-,53+/m0/s1. The number of thiazole rings is 1. The van der Waals surface area contributed by atoms with Gasteiger partial charge in [0.15, 0.2) is 0 Å². The maximum absolute atomic E-state index is 14.0. The molecule has 5 amide bonds. The molecule has 420 valence electrons. The number of likely N-dealkylation sites (tertiary alicyclic amines) is 1. The van der Waals surface area contributed by atoms with Gasteiger partial charge in [-0.2, -0.15) is 0 Å². The number of alkyl halides is 1. The number of nitrogens with two attached hydrogens (primary N) is 1. The van der Waals surface area contributed by atoms with E-state index in [1.165, 1.54) is 11.8 Å². The van der Waals surface area contributed by atoms with E-state index in [9.17, 15) is 28.4 Å². The normalized spacial score (nSPS) is 17.9. The predicted octanol–water partition coefficient (Wildman–Crippen LogP) is 8.20. The fourth-order valence-electron chi connectivity index (χ4n) is 9.57. The first-order valence-corrected chi connectivity index (χ1v) is 29.1. The number of aromatic nitrogens is 3. The Hall–Kier alpha value is -5.41. The molecule has 0 radical (unpaired) electrons. The molecule has 4 heterocycles. The maximum atomic E-state index is 14.0. The van der Waals surface area contributed by atoms with Gasteiger partial charge in [0, 0.05) is 81.7 Å². The molecule has 0 saturated carbocycles. The van der Waals surface area contributed by atoms with Gasteiger partial charge in [0.25, 0.3) is 0 Å². The zero-order valence-electron chi connectivity index (χ0n) is 45.9. The summed E-state index contributed by atoms with van der Waals surface area (Å²) in [6, 6.07) is 3.66. The highest BCUT2D eigenvalue weighted by molar-refractivity contribution is 7.99. The molecule has 1 aromatic carbocycles. The molecule has 4 atom stereocenters. The van der Waals surface area contributed by atoms with Crippen molar-refractivity contribution in [1.29, 1.82) is 0 Å². The predicted molar refractivity (Wildman–Crippen MR) is 304 cm³/mol. The molecule has 2 aromatic heterocycles. The van der Waals surface area contributed by atoms with E-state index in [0.29, 0.717) is 91.6 Å². The van der Waals surface area contributed by atoms with Crippen LogP contribution in [0.4, 0.5) is 15.9 Å². The molecular weight excluding hydrogens is 1040 g/mol. The Morgan fingerprint density at radius 2 is 1.84 bits per heavy atom. The van der Waals surface area contributed by atoms with Gasteiger partial charge in [0.1, 0.15) is 35.1 Å². The zero-order chi connectivity index (χ0) is 55.6. The van der Waals surface area contributed by atoms with E-state index < -0.39 is 36.0 Å². The Balaban J connectivity index is 0.990. The van der Waals surface area contributed by atoms with Crippen LogP contribution in [0.5, 0.6) is 0 Å². The number of carbonyl (C=O) groups excluding carboxylic acids is 5. The summed E-state index contributed by atoms with van der Waals surface area (Å²) < 4.78 is 19.3. The summed E-state index contributed by atoms with van der Waals surface area (Å²) in [4.78, 5) is 90.8. The lowest BCUT2D eigenvalue weighted by Gasteiger charge is -2.40. The lowest BCUT2D eigenvalue weighted by molar-refractivity contribution is -0.143. The van der Waals surface area contributed by atoms with Crippen molar-refractivity contribution in [3.63, 3.8) is 0 Å². The van der Waals surface area contributed by atoms with Crippen LogP contribution < -0.4 is 26.6 Å². The van der Waals surface area contributed by atoms with Gasteiger partial charge >= 0.3 is 0 Å². The van der Waals surface area contributed by atoms with E-state index in [1.54, 1.807) is 45.7 Å². The molecule has 2 aliphatic heterocycles. The van der Waals surface area contributed by atoms with E-state index in [0.717, 1.165) is 65.8 Å². The van der Waals surface area contributed by atoms with Gasteiger partial charge in [-0.3, -0.25) is 33.3 Å². The average Bonchev–Trinajstić information content (AvgIpc) is 4.03. The van der Waals surface area contributed by atoms with Crippen molar-refractivity contribution in [3.8, 4) is 0 Å². The number of hydrogen-bond donors (Lipinski definition) is 4. The SMILES string of the molecule is CCCN(CCC(C)CN)c1cnc(Sc2cccc(NC(=O)CC(=O)N3CCN(CCCOC4=C(CNC(=O)[C@@H]5CCCN5C(=O)[C@@H](NC(=O)CCCF)C(C)(C)C)C=CC(c5scnc5C)=CC4)C[C@@H]3C)c2Cl)cn1. The molecule has 2 fully saturated rings. The molecule has 77 heavy (non-hydrogen) atoms. The second-order valence-corrected chi connectivity index (χ2v) is 23.5. The molecule has 21 heteroatoms. The number of rotatable bonds is 26. The Morgan fingerprint density at radius 1 is 1.04 bits per heavy atom. The van der Waals surface area contributed by atoms with Crippen molar-refractivity contribution >= 4 is 81.3 Å². The maximum Gasteiger partial charge on any atom is 0.246 e. The minimum atomic E-state index is -0.875. The first kappa shape index (κ1) is 60.8. The number of ether oxygens (including phenoxy) is 1. The molecule has 3 aromatic rings. The molecule has 6 rings (SSSR count). The molecule has 2 saturated heterocycles. The lowest BCUT2D eigenvalue weighted by atomic mass is 9.85. The van der Waals surface area contributed by atoms with Crippen molar-refractivity contribution < 1.29 is 33.1 Å². The van der Waals surface area contributed by atoms with Crippen LogP contribution in [0, 0.1) is 18.3 Å². The minimum absolute atomic E-state index is 0.0211. The van der Waals surface area contributed by atoms with Crippen molar-refractivity contribution in [2.45, 2.75) is 134 Å². The van der Waals surface area contributed by atoms with E-state index in [1.807, 2.05) is 58.3 Å². The Kier molecular flexibility index (Phi) is 23.3. The number of hydrogen-bond acceptors (Lipinski definition) is 14. The molecule has 1 unspecified atom stereocenters. The van der Waals surface area contributed by atoms with Crippen LogP contribution in [0.1, 0.15) is 110 Å². The van der Waals surface area contributed by atoms with Crippen molar-refractivity contribution in [3.05, 3.63) is 81.3 Å². The highest BCUT2D eigenvalue weighted by Crippen LogP contribution is 2.37. The second-order valence-electron chi connectivity index (χ2n) is 21.2. The monoisotopic (exact) mass is 1120 g/mol. The van der Waals surface area contributed by atoms with Gasteiger partial charge in [-0.25, -0.2) is 15.0 Å². The van der Waals surface area contributed by atoms with Gasteiger partial charge in [-0.15, -0.1) is 11.3 Å². The summed E-state index contributed by atoms with van der Waals surface area (Å²) in [5.74, 6) is 0.250. The van der Waals surface area contributed by atoms with E-state index in [2.05, 4.69) is 60.6 Å². The third kappa shape index (κ3) is 17.5. The van der Waals surface area contributed by atoms with Crippen LogP contribution in [0.2, 0.25) is 5.02 Å². The van der Waals surface area contributed by atoms with Crippen LogP contribution in [-0.2, 0) is 28.7 Å². The summed E-state index contributed by atoms with van der Waals surface area (Å²) in [7, 11) is 0. The van der Waals surface area contributed by atoms with Crippen LogP contribution >= 0.6 is 34.7 Å². The Morgan fingerprint density at radius 3 is 2.53 bits per heavy atom. The number of benzene rings is 1. The zero-order valence-corrected chi connectivity index (χ0v) is 48.3. The molecule has 3 aliphatic rings. The van der Waals surface area contributed by atoms with E-state index >= 15 is 0 Å². The van der Waals surface area contributed by atoms with Gasteiger partial charge in [0.2, 0.25) is 29.5 Å². The third-order valence-electron chi connectivity index (χ3n) is 14.0. The minimum Gasteiger partial charge on any atom is -0.497 e. The Labute approximate surface area is 467 Å². The number of anilines is 2. The molecule has 17 nitrogen and oxygen atoms in total. The molecule has 5 N–H and O–H groups in total. The topological polar surface area (TPSA) is 208 Å². The molecule has 0 bridgehead atoms. The number of allylic oxidation sites excluding steroid dienone is 3. The number of aryl methyl sites for hydroxylation is 1. The number of nitrogens with one attached hydrogen (secondary N) is 3. The summed E-state index contributed by atoms with van der Waals surface area (Å²) in [6.45, 7) is 19.0. The fraction of sp³-hybridized carbons (Fsp3) is 0.571. The fourth-order valence-corrected chi connectivity index (χ4v) is 11.5. The van der Waals surface area contributed by atoms with Crippen molar-refractivity contribution in [2.75, 3.05) is 82.4 Å². The van der Waals surface area contributed by atoms with Gasteiger partial charge < -0.3 is 41.1 Å². The van der Waals surface area contributed by atoms with Gasteiger partial charge in [-0.05, 0) is 88.0 Å². The summed E-state index contributed by atoms with van der Waals surface area (Å²) in [5, 5.41) is 9.77. The molecule has 0 spiro atoms. The number of amides is 5. The molecular formula is C56H79ClFN11O6S2. The number of nitrogens with zero attached hydrogens (tertiary/aromatic N) is 7. The van der Waals surface area contributed by atoms with Gasteiger partial charge in [0.05, 0.1) is 52.5 Å². The number of piperazine rings is 1. The van der Waals surface area contributed by atoms with Crippen molar-refractivity contribution in [1.82, 2.24) is 40.3 Å². The number of carbonyl (C=O) groups is 5. The smallest absolute Gasteiger partial charge is 0.246 e. The Bertz CT molecular complexity index is 2590. The summed E-state index contributed by atoms with van der Waals surface area (Å²) in [5.41, 5.74) is 10.2. The highest BCUT2D eigenvalue weighted by atomic mass is 35.5. The van der Waals surface area contributed by atoms with E-state index in [-0.39, 0.29) is 49.6 Å². The average molecular weight is 1120 g/mol. The first-order valence-electron chi connectivity index (χ1n) is 27.0. The van der Waals surface area contributed by atoms with Crippen molar-refractivity contribution in [2.24, 2.45) is 17.1 Å². The third-order valence-corrected chi connectivity index (χ3v) is 16.5. The van der Waals surface area contributed by atoms with Crippen LogP contribution in [-0.4, -0.2) is 149 Å². The largest absolute Gasteiger partial charge is 0.497 e. The van der Waals surface area contributed by atoms with Crippen LogP contribution in [0.3, 0.4) is 0 Å². The van der Waals surface area contributed by atoms with E-state index in [4.69, 9.17) is 22.1 Å². The van der Waals surface area contributed by atoms with Gasteiger partial charge in [-0.1, -0.05) is 82.3 Å². The first-order chi connectivity index (χ1) is 36.9. The highest BCUT2D eigenvalue weighted by Gasteiger charge is 2.42. The van der Waals surface area contributed by atoms with Crippen LogP contribution in [0.15, 0.2) is 75.6 Å². The lowest BCUT2D eigenvalue weighted by Crippen LogP contribution is -2.57. The van der Waals surface area contributed by atoms with Crippen LogP contribution in [0.25, 0.3) is 5.57 Å². The second kappa shape index (κ2) is 29.5. The quantitative estimate of drug-likeness (QED) is 0.0442. The number of halogens is 2.